The Hall–Kier alpha value is -0.100. The number of hydrogen-bond acceptors (Lipinski definition) is 1. The Morgan fingerprint density at radius 1 is 1.46 bits per heavy atom. The number of nitrogens with zero attached hydrogens (tertiary/aromatic N) is 1. The zero-order chi connectivity index (χ0) is 10.0. The fourth-order valence-corrected chi connectivity index (χ4v) is 1.65. The van der Waals surface area contributed by atoms with Gasteiger partial charge in [-0.25, -0.2) is 18.2 Å². The van der Waals surface area contributed by atoms with E-state index < -0.39 is 17.8 Å². The van der Waals surface area contributed by atoms with Crippen LogP contribution in [0.1, 0.15) is 17.7 Å². The lowest BCUT2D eigenvalue weighted by Gasteiger charge is -2.05. The van der Waals surface area contributed by atoms with Gasteiger partial charge >= 0.3 is 0 Å². The van der Waals surface area contributed by atoms with Gasteiger partial charge in [-0.05, 0) is 22.0 Å². The minimum Gasteiger partial charge on any atom is -0.242 e. The largest absolute Gasteiger partial charge is 0.266 e. The monoisotopic (exact) mass is 317 g/mol. The lowest BCUT2D eigenvalue weighted by Crippen LogP contribution is -1.99. The second-order valence-corrected chi connectivity index (χ2v) is 3.60. The van der Waals surface area contributed by atoms with Gasteiger partial charge in [0, 0.05) is 5.33 Å². The highest BCUT2D eigenvalue weighted by Gasteiger charge is 2.18. The Labute approximate surface area is 89.6 Å². The van der Waals surface area contributed by atoms with E-state index in [0.29, 0.717) is 0 Å². The van der Waals surface area contributed by atoms with Gasteiger partial charge in [-0.15, -0.1) is 0 Å². The molecule has 1 aromatic rings. The number of hydrogen-bond donors (Lipinski definition) is 0. The van der Waals surface area contributed by atoms with E-state index in [-0.39, 0.29) is 15.6 Å². The van der Waals surface area contributed by atoms with E-state index in [1.165, 1.54) is 0 Å². The predicted molar refractivity (Wildman–Crippen MR) is 49.5 cm³/mol. The molecule has 0 unspecified atom stereocenters. The van der Waals surface area contributed by atoms with Gasteiger partial charge < -0.3 is 0 Å². The third-order valence-corrected chi connectivity index (χ3v) is 2.32. The van der Waals surface area contributed by atoms with Crippen molar-refractivity contribution in [3.63, 3.8) is 0 Å². The lowest BCUT2D eigenvalue weighted by molar-refractivity contribution is 0.146. The number of aromatic nitrogens is 1. The van der Waals surface area contributed by atoms with Crippen LogP contribution in [-0.2, 0) is 5.33 Å². The van der Waals surface area contributed by atoms with Gasteiger partial charge in [0.15, 0.2) is 5.82 Å². The molecule has 0 saturated heterocycles. The lowest BCUT2D eigenvalue weighted by atomic mass is 10.2. The quantitative estimate of drug-likeness (QED) is 0.597. The van der Waals surface area contributed by atoms with Crippen molar-refractivity contribution in [3.05, 3.63) is 27.7 Å². The van der Waals surface area contributed by atoms with Crippen LogP contribution in [-0.4, -0.2) is 4.98 Å². The Morgan fingerprint density at radius 3 is 2.54 bits per heavy atom. The maximum atomic E-state index is 13.1. The van der Waals surface area contributed by atoms with Crippen molar-refractivity contribution in [2.45, 2.75) is 11.8 Å². The van der Waals surface area contributed by atoms with Gasteiger partial charge in [0.05, 0.1) is 11.3 Å². The second kappa shape index (κ2) is 4.41. The first-order valence-corrected chi connectivity index (χ1v) is 5.16. The van der Waals surface area contributed by atoms with Gasteiger partial charge in [0.25, 0.3) is 6.43 Å². The molecule has 0 aliphatic carbocycles. The van der Waals surface area contributed by atoms with Crippen molar-refractivity contribution >= 4 is 31.9 Å². The molecule has 1 heterocycles. The molecule has 72 valence electrons. The average molecular weight is 319 g/mol. The summed E-state index contributed by atoms with van der Waals surface area (Å²) in [6, 6.07) is 0.978. The molecule has 0 aromatic carbocycles. The molecule has 13 heavy (non-hydrogen) atoms. The van der Waals surface area contributed by atoms with Crippen LogP contribution in [0.4, 0.5) is 13.2 Å². The molecule has 0 saturated carbocycles. The Kier molecular flexibility index (Phi) is 3.73. The highest BCUT2D eigenvalue weighted by Crippen LogP contribution is 2.26. The van der Waals surface area contributed by atoms with E-state index in [9.17, 15) is 13.2 Å². The Morgan fingerprint density at radius 2 is 2.08 bits per heavy atom. The SMILES string of the molecule is Fc1c(C(F)F)cc(Br)nc1CBr. The van der Waals surface area contributed by atoms with Crippen LogP contribution in [0, 0.1) is 5.82 Å². The molecule has 0 spiro atoms. The maximum Gasteiger partial charge on any atom is 0.266 e. The smallest absolute Gasteiger partial charge is 0.242 e. The van der Waals surface area contributed by atoms with E-state index in [4.69, 9.17) is 0 Å². The summed E-state index contributed by atoms with van der Waals surface area (Å²) in [6.07, 6.45) is -2.82. The minimum absolute atomic E-state index is 0.0234. The van der Waals surface area contributed by atoms with Crippen LogP contribution in [0.3, 0.4) is 0 Å². The van der Waals surface area contributed by atoms with E-state index in [1.54, 1.807) is 0 Å². The van der Waals surface area contributed by atoms with E-state index in [2.05, 4.69) is 36.8 Å². The average Bonchev–Trinajstić information content (AvgIpc) is 2.08. The highest BCUT2D eigenvalue weighted by atomic mass is 79.9. The molecule has 0 N–H and O–H groups in total. The number of halogens is 5. The predicted octanol–water partition coefficient (Wildman–Crippen LogP) is 3.82. The molecule has 1 nitrogen and oxygen atoms in total. The first-order valence-electron chi connectivity index (χ1n) is 3.25. The molecule has 1 rings (SSSR count). The van der Waals surface area contributed by atoms with Crippen LogP contribution in [0.2, 0.25) is 0 Å². The first kappa shape index (κ1) is 11.0. The van der Waals surface area contributed by atoms with Crippen molar-refractivity contribution < 1.29 is 13.2 Å². The standard InChI is InChI=1S/C7H4Br2F3N/c8-2-4-6(10)3(7(11)12)1-5(9)13-4/h1,7H,2H2. The molecule has 0 aliphatic rings. The Bertz CT molecular complexity index is 317. The van der Waals surface area contributed by atoms with Crippen molar-refractivity contribution in [2.75, 3.05) is 0 Å². The summed E-state index contributed by atoms with van der Waals surface area (Å²) in [7, 11) is 0. The molecule has 1 aromatic heterocycles. The van der Waals surface area contributed by atoms with Gasteiger partial charge in [-0.1, -0.05) is 15.9 Å². The van der Waals surface area contributed by atoms with Gasteiger partial charge in [0.2, 0.25) is 0 Å². The zero-order valence-electron chi connectivity index (χ0n) is 6.20. The minimum atomic E-state index is -2.82. The Balaban J connectivity index is 3.27. The van der Waals surface area contributed by atoms with Gasteiger partial charge in [0.1, 0.15) is 4.60 Å². The second-order valence-electron chi connectivity index (χ2n) is 2.23. The van der Waals surface area contributed by atoms with Crippen LogP contribution in [0.15, 0.2) is 10.7 Å². The highest BCUT2D eigenvalue weighted by molar-refractivity contribution is 9.10. The van der Waals surface area contributed by atoms with E-state index in [1.807, 2.05) is 0 Å². The van der Waals surface area contributed by atoms with Crippen LogP contribution < -0.4 is 0 Å². The van der Waals surface area contributed by atoms with Crippen molar-refractivity contribution in [2.24, 2.45) is 0 Å². The maximum absolute atomic E-state index is 13.1. The molecule has 6 heteroatoms. The van der Waals surface area contributed by atoms with E-state index in [0.717, 1.165) is 6.07 Å². The summed E-state index contributed by atoms with van der Waals surface area (Å²) in [5.74, 6) is -0.949. The zero-order valence-corrected chi connectivity index (χ0v) is 9.37. The van der Waals surface area contributed by atoms with Gasteiger partial charge in [-0.2, -0.15) is 0 Å². The summed E-state index contributed by atoms with van der Waals surface area (Å²) in [6.45, 7) is 0. The molecule has 0 amide bonds. The van der Waals surface area contributed by atoms with Crippen molar-refractivity contribution in [1.29, 1.82) is 0 Å². The summed E-state index contributed by atoms with van der Waals surface area (Å²) in [5.41, 5.74) is -0.652. The molecule has 0 radical (unpaired) electrons. The van der Waals surface area contributed by atoms with Crippen molar-refractivity contribution in [1.82, 2.24) is 4.98 Å². The van der Waals surface area contributed by atoms with Crippen LogP contribution >= 0.6 is 31.9 Å². The third-order valence-electron chi connectivity index (χ3n) is 1.38. The van der Waals surface area contributed by atoms with Crippen molar-refractivity contribution in [3.8, 4) is 0 Å². The fourth-order valence-electron chi connectivity index (χ4n) is 0.816. The molecule has 0 fully saturated rings. The number of rotatable bonds is 2. The van der Waals surface area contributed by atoms with E-state index >= 15 is 0 Å². The fraction of sp³-hybridized carbons (Fsp3) is 0.286. The van der Waals surface area contributed by atoms with Crippen LogP contribution in [0.25, 0.3) is 0 Å². The first-order chi connectivity index (χ1) is 6.06. The summed E-state index contributed by atoms with van der Waals surface area (Å²) >= 11 is 5.88. The number of pyridine rings is 1. The third kappa shape index (κ3) is 2.43. The number of alkyl halides is 3. The summed E-state index contributed by atoms with van der Waals surface area (Å²) in [5, 5.41) is 0.109. The molecular weight excluding hydrogens is 315 g/mol. The topological polar surface area (TPSA) is 12.9 Å². The van der Waals surface area contributed by atoms with Crippen LogP contribution in [0.5, 0.6) is 0 Å². The molecule has 0 bridgehead atoms. The van der Waals surface area contributed by atoms with Gasteiger partial charge in [-0.3, -0.25) is 0 Å². The normalized spacial score (nSPS) is 10.9. The summed E-state index contributed by atoms with van der Waals surface area (Å²) < 4.78 is 37.8. The summed E-state index contributed by atoms with van der Waals surface area (Å²) in [4.78, 5) is 3.70. The molecule has 0 atom stereocenters. The molecular formula is C7H4Br2F3N. The molecule has 0 aliphatic heterocycles.